The average Bonchev–Trinajstić information content (AvgIpc) is 2.72. The molecule has 2 heterocycles. The predicted octanol–water partition coefficient (Wildman–Crippen LogP) is 4.26. The maximum absolute atomic E-state index is 13.9. The van der Waals surface area contributed by atoms with Crippen molar-refractivity contribution in [2.45, 2.75) is 38.8 Å². The van der Waals surface area contributed by atoms with Gasteiger partial charge in [-0.2, -0.15) is 13.2 Å². The topological polar surface area (TPSA) is 73.3 Å². The van der Waals surface area contributed by atoms with Crippen LogP contribution < -0.4 is 15.1 Å². The van der Waals surface area contributed by atoms with Crippen LogP contribution in [0.3, 0.4) is 0 Å². The molecule has 0 amide bonds. The summed E-state index contributed by atoms with van der Waals surface area (Å²) in [4.78, 5) is 14.2. The highest BCUT2D eigenvalue weighted by Crippen LogP contribution is 2.40. The predicted molar refractivity (Wildman–Crippen MR) is 118 cm³/mol. The molecular weight excluding hydrogens is 507 g/mol. The van der Waals surface area contributed by atoms with Crippen LogP contribution in [0.5, 0.6) is 17.2 Å². The molecule has 4 rings (SSSR count). The summed E-state index contributed by atoms with van der Waals surface area (Å²) < 4.78 is 58.6. The Kier molecular flexibility index (Phi) is 6.43. The molecule has 1 aromatic heterocycles. The third-order valence-electron chi connectivity index (χ3n) is 5.45. The van der Waals surface area contributed by atoms with Crippen molar-refractivity contribution in [2.75, 3.05) is 13.1 Å². The van der Waals surface area contributed by atoms with E-state index in [1.807, 2.05) is 13.8 Å². The number of rotatable bonds is 4. The number of halogens is 4. The number of alkyl halides is 3. The summed E-state index contributed by atoms with van der Waals surface area (Å²) in [5.41, 5.74) is -1.13. The van der Waals surface area contributed by atoms with E-state index in [0.717, 1.165) is 4.90 Å². The normalized spacial score (nSPS) is 21.3. The van der Waals surface area contributed by atoms with E-state index >= 15 is 0 Å². The fourth-order valence-electron chi connectivity index (χ4n) is 4.16. The van der Waals surface area contributed by atoms with Gasteiger partial charge in [-0.25, -0.2) is 0 Å². The van der Waals surface area contributed by atoms with Crippen molar-refractivity contribution in [3.05, 3.63) is 62.4 Å². The molecule has 0 bridgehead atoms. The zero-order valence-electron chi connectivity index (χ0n) is 17.8. The summed E-state index contributed by atoms with van der Waals surface area (Å²) in [6, 6.07) is 8.77. The largest absolute Gasteiger partial charge is 0.507 e. The lowest BCUT2D eigenvalue weighted by atomic mass is 10.1. The summed E-state index contributed by atoms with van der Waals surface area (Å²) in [7, 11) is 0. The van der Waals surface area contributed by atoms with Crippen molar-refractivity contribution in [3.8, 4) is 17.2 Å². The second-order valence-electron chi connectivity index (χ2n) is 8.15. The second-order valence-corrected chi connectivity index (χ2v) is 9.01. The van der Waals surface area contributed by atoms with Crippen molar-refractivity contribution in [1.82, 2.24) is 0 Å². The van der Waals surface area contributed by atoms with E-state index in [0.29, 0.717) is 17.6 Å². The second kappa shape index (κ2) is 9.00. The maximum Gasteiger partial charge on any atom is 0.453 e. The number of morpholine rings is 1. The molecule has 0 unspecified atom stereocenters. The first-order chi connectivity index (χ1) is 15.5. The molecule has 10 heteroatoms. The molecule has 0 radical (unpaired) electrons. The van der Waals surface area contributed by atoms with Crippen molar-refractivity contribution in [1.29, 1.82) is 0 Å². The monoisotopic (exact) mass is 528 g/mol. The highest BCUT2D eigenvalue weighted by molar-refractivity contribution is 9.10. The van der Waals surface area contributed by atoms with E-state index in [-0.39, 0.29) is 46.8 Å². The number of nitrogens with one attached hydrogen (secondary N) is 1. The summed E-state index contributed by atoms with van der Waals surface area (Å²) in [5.74, 6) is -2.72. The van der Waals surface area contributed by atoms with Gasteiger partial charge in [-0.15, -0.1) is 0 Å². The number of hydrogen-bond acceptors (Lipinski definition) is 5. The van der Waals surface area contributed by atoms with E-state index in [9.17, 15) is 23.1 Å². The number of para-hydroxylation sites is 1. The summed E-state index contributed by atoms with van der Waals surface area (Å²) in [5, 5.41) is 10.4. The van der Waals surface area contributed by atoms with Gasteiger partial charge >= 0.3 is 6.18 Å². The van der Waals surface area contributed by atoms with Crippen LogP contribution in [0.15, 0.2) is 50.1 Å². The SMILES string of the molecule is C[C@@H]1C[NH+](Cc2c(O)ccc3c(=O)c(Oc4ccccc4Br)c(C(F)(F)F)oc23)C[C@@H](C)O1. The Hall–Kier alpha value is -2.56. The third kappa shape index (κ3) is 4.87. The van der Waals surface area contributed by atoms with Gasteiger partial charge in [0.25, 0.3) is 5.76 Å². The first kappa shape index (κ1) is 23.6. The lowest BCUT2D eigenvalue weighted by Gasteiger charge is -2.32. The van der Waals surface area contributed by atoms with Gasteiger partial charge in [0, 0.05) is 0 Å². The van der Waals surface area contributed by atoms with Gasteiger partial charge in [-0.05, 0) is 54.0 Å². The van der Waals surface area contributed by atoms with E-state index in [1.54, 1.807) is 18.2 Å². The third-order valence-corrected chi connectivity index (χ3v) is 6.10. The maximum atomic E-state index is 13.9. The molecule has 3 aromatic rings. The summed E-state index contributed by atoms with van der Waals surface area (Å²) in [6.45, 7) is 5.18. The number of quaternary nitrogens is 1. The van der Waals surface area contributed by atoms with Gasteiger partial charge in [0.15, 0.2) is 5.58 Å². The summed E-state index contributed by atoms with van der Waals surface area (Å²) >= 11 is 3.20. The Morgan fingerprint density at radius 1 is 1.15 bits per heavy atom. The number of ether oxygens (including phenoxy) is 2. The molecule has 2 atom stereocenters. The minimum Gasteiger partial charge on any atom is -0.507 e. The molecule has 1 aliphatic heterocycles. The fourth-order valence-corrected chi connectivity index (χ4v) is 4.52. The van der Waals surface area contributed by atoms with Crippen LogP contribution in [0.25, 0.3) is 11.0 Å². The number of phenolic OH excluding ortho intramolecular Hbond substituents is 1. The number of fused-ring (bicyclic) bond motifs is 1. The molecule has 2 N–H and O–H groups in total. The van der Waals surface area contributed by atoms with Gasteiger partial charge in [0.1, 0.15) is 43.3 Å². The molecule has 0 aliphatic carbocycles. The number of aromatic hydroxyl groups is 1. The van der Waals surface area contributed by atoms with Gasteiger partial charge in [0.05, 0.1) is 15.4 Å². The lowest BCUT2D eigenvalue weighted by Crippen LogP contribution is -3.14. The number of hydrogen-bond donors (Lipinski definition) is 2. The highest BCUT2D eigenvalue weighted by Gasteiger charge is 2.41. The number of benzene rings is 2. The van der Waals surface area contributed by atoms with Crippen LogP contribution in [-0.4, -0.2) is 30.4 Å². The Balaban J connectivity index is 1.87. The van der Waals surface area contributed by atoms with Gasteiger partial charge < -0.3 is 23.9 Å². The van der Waals surface area contributed by atoms with E-state index in [2.05, 4.69) is 15.9 Å². The van der Waals surface area contributed by atoms with Crippen LogP contribution in [0, 0.1) is 0 Å². The average molecular weight is 529 g/mol. The Morgan fingerprint density at radius 2 is 1.82 bits per heavy atom. The molecule has 0 saturated carbocycles. The van der Waals surface area contributed by atoms with Crippen LogP contribution in [0.4, 0.5) is 13.2 Å². The fraction of sp³-hybridized carbons (Fsp3) is 0.348. The quantitative estimate of drug-likeness (QED) is 0.529. The Morgan fingerprint density at radius 3 is 2.45 bits per heavy atom. The molecule has 2 aromatic carbocycles. The standard InChI is InChI=1S/C23H21BrF3NO5/c1-12-9-28(10-13(2)31-12)11-15-17(29)8-7-14-19(30)21(22(23(25,26)27)33-20(14)15)32-18-6-4-3-5-16(18)24/h3-8,12-13,29H,9-11H2,1-2H3/p+1/t12-,13-/m1/s1. The first-order valence-corrected chi connectivity index (χ1v) is 11.1. The van der Waals surface area contributed by atoms with Crippen LogP contribution >= 0.6 is 15.9 Å². The lowest BCUT2D eigenvalue weighted by molar-refractivity contribution is -0.928. The zero-order valence-corrected chi connectivity index (χ0v) is 19.4. The molecular formula is C23H22BrF3NO5+. The molecule has 1 fully saturated rings. The van der Waals surface area contributed by atoms with Crippen LogP contribution in [-0.2, 0) is 17.5 Å². The molecule has 1 aliphatic rings. The van der Waals surface area contributed by atoms with Crippen LogP contribution in [0.2, 0.25) is 0 Å². The van der Waals surface area contributed by atoms with Crippen molar-refractivity contribution >= 4 is 26.9 Å². The molecule has 0 spiro atoms. The smallest absolute Gasteiger partial charge is 0.453 e. The molecule has 176 valence electrons. The first-order valence-electron chi connectivity index (χ1n) is 10.3. The van der Waals surface area contributed by atoms with E-state index < -0.39 is 23.1 Å². The minimum absolute atomic E-state index is 0.0365. The van der Waals surface area contributed by atoms with Crippen molar-refractivity contribution < 1.29 is 37.1 Å². The van der Waals surface area contributed by atoms with Gasteiger partial charge in [-0.3, -0.25) is 4.79 Å². The Labute approximate surface area is 195 Å². The number of phenols is 1. The zero-order chi connectivity index (χ0) is 23.9. The highest BCUT2D eigenvalue weighted by atomic mass is 79.9. The minimum atomic E-state index is -5.00. The Bertz CT molecular complexity index is 1230. The van der Waals surface area contributed by atoms with Gasteiger partial charge in [-0.1, -0.05) is 12.1 Å². The van der Waals surface area contributed by atoms with Gasteiger partial charge in [0.2, 0.25) is 11.2 Å². The summed E-state index contributed by atoms with van der Waals surface area (Å²) in [6.07, 6.45) is -5.10. The molecule has 6 nitrogen and oxygen atoms in total. The van der Waals surface area contributed by atoms with E-state index in [4.69, 9.17) is 13.9 Å². The van der Waals surface area contributed by atoms with Crippen molar-refractivity contribution in [3.63, 3.8) is 0 Å². The molecule has 1 saturated heterocycles. The van der Waals surface area contributed by atoms with Crippen molar-refractivity contribution in [2.24, 2.45) is 0 Å². The van der Waals surface area contributed by atoms with E-state index in [1.165, 1.54) is 18.2 Å². The van der Waals surface area contributed by atoms with Crippen LogP contribution in [0.1, 0.15) is 25.2 Å². The molecule has 33 heavy (non-hydrogen) atoms.